The van der Waals surface area contributed by atoms with Crippen molar-refractivity contribution in [2.24, 2.45) is 0 Å². The molecule has 166 valence electrons. The lowest BCUT2D eigenvalue weighted by atomic mass is 9.89. The van der Waals surface area contributed by atoms with Crippen molar-refractivity contribution in [2.45, 2.75) is 36.6 Å². The van der Waals surface area contributed by atoms with Gasteiger partial charge in [-0.05, 0) is 53.3 Å². The second-order valence-electron chi connectivity index (χ2n) is 8.45. The average Bonchev–Trinajstić information content (AvgIpc) is 3.35. The predicted octanol–water partition coefficient (Wildman–Crippen LogP) is 4.51. The monoisotopic (exact) mass is 466 g/mol. The molecule has 0 bridgehead atoms. The Hall–Kier alpha value is -2.48. The second kappa shape index (κ2) is 8.81. The van der Waals surface area contributed by atoms with E-state index in [1.165, 1.54) is 26.8 Å². The molecule has 1 fully saturated rings. The maximum Gasteiger partial charge on any atom is 0.265 e. The van der Waals surface area contributed by atoms with Crippen molar-refractivity contribution < 1.29 is 13.2 Å². The number of rotatable bonds is 4. The molecule has 3 aromatic rings. The van der Waals surface area contributed by atoms with Gasteiger partial charge >= 0.3 is 0 Å². The number of sulfonamides is 1. The summed E-state index contributed by atoms with van der Waals surface area (Å²) in [6.45, 7) is 2.08. The minimum atomic E-state index is -3.73. The molecular weight excluding hydrogens is 440 g/mol. The van der Waals surface area contributed by atoms with Crippen molar-refractivity contribution in [2.75, 3.05) is 19.6 Å². The van der Waals surface area contributed by atoms with Crippen LogP contribution in [0.25, 0.3) is 0 Å². The number of amides is 1. The van der Waals surface area contributed by atoms with Crippen molar-refractivity contribution in [3.63, 3.8) is 0 Å². The van der Waals surface area contributed by atoms with Crippen LogP contribution in [0.2, 0.25) is 0 Å². The molecule has 5 nitrogen and oxygen atoms in total. The van der Waals surface area contributed by atoms with E-state index in [0.717, 1.165) is 18.4 Å². The zero-order valence-corrected chi connectivity index (χ0v) is 19.4. The molecule has 2 aromatic carbocycles. The fraction of sp³-hybridized carbons (Fsp3) is 0.320. The Labute approximate surface area is 193 Å². The van der Waals surface area contributed by atoms with Gasteiger partial charge in [0.2, 0.25) is 10.0 Å². The summed E-state index contributed by atoms with van der Waals surface area (Å²) in [4.78, 5) is 15.6. The zero-order valence-electron chi connectivity index (χ0n) is 17.8. The van der Waals surface area contributed by atoms with Gasteiger partial charge < -0.3 is 4.90 Å². The van der Waals surface area contributed by atoms with E-state index in [9.17, 15) is 13.2 Å². The number of likely N-dealkylation sites (tertiary alicyclic amines) is 1. The van der Waals surface area contributed by atoms with Gasteiger partial charge in [0.25, 0.3) is 5.91 Å². The normalized spacial score (nSPS) is 17.8. The molecular formula is C25H26N2O3S2. The summed E-state index contributed by atoms with van der Waals surface area (Å²) in [6.07, 6.45) is 2.48. The molecule has 7 heteroatoms. The highest BCUT2D eigenvalue weighted by Crippen LogP contribution is 2.33. The highest BCUT2D eigenvalue weighted by atomic mass is 32.2. The van der Waals surface area contributed by atoms with Crippen LogP contribution in [0.1, 0.15) is 45.1 Å². The van der Waals surface area contributed by atoms with Gasteiger partial charge in [0.05, 0.1) is 0 Å². The van der Waals surface area contributed by atoms with Gasteiger partial charge in [0.15, 0.2) is 0 Å². The molecule has 5 rings (SSSR count). The van der Waals surface area contributed by atoms with Crippen LogP contribution < -0.4 is 0 Å². The molecule has 0 unspecified atom stereocenters. The number of fused-ring (bicyclic) bond motifs is 1. The van der Waals surface area contributed by atoms with Crippen molar-refractivity contribution in [1.82, 2.24) is 9.21 Å². The van der Waals surface area contributed by atoms with E-state index in [1.54, 1.807) is 11.4 Å². The summed E-state index contributed by atoms with van der Waals surface area (Å²) < 4.78 is 28.4. The standard InChI is InChI=1S/C25H26N2O3S2/c28-25(26-14-10-21(11-15-26)19-6-2-1-3-7-19)24-23(13-17-31-24)32(29,30)27-16-12-20-8-4-5-9-22(20)18-27/h1-9,13,17,21H,10-12,14-16,18H2. The summed E-state index contributed by atoms with van der Waals surface area (Å²) >= 11 is 1.23. The average molecular weight is 467 g/mol. The van der Waals surface area contributed by atoms with Gasteiger partial charge in [-0.2, -0.15) is 4.31 Å². The molecule has 2 aliphatic rings. The van der Waals surface area contributed by atoms with Crippen LogP contribution in [0.3, 0.4) is 0 Å². The van der Waals surface area contributed by atoms with E-state index in [2.05, 4.69) is 30.3 Å². The summed E-state index contributed by atoms with van der Waals surface area (Å²) in [5.74, 6) is 0.280. The third-order valence-corrected chi connectivity index (χ3v) is 9.51. The molecule has 3 heterocycles. The Balaban J connectivity index is 1.32. The number of thiophene rings is 1. The molecule has 2 aliphatic heterocycles. The summed E-state index contributed by atoms with van der Waals surface area (Å²) in [6, 6.07) is 19.9. The van der Waals surface area contributed by atoms with Gasteiger partial charge in [-0.1, -0.05) is 54.6 Å². The number of nitrogens with zero attached hydrogens (tertiary/aromatic N) is 2. The van der Waals surface area contributed by atoms with Crippen LogP contribution in [0.4, 0.5) is 0 Å². The predicted molar refractivity (Wildman–Crippen MR) is 126 cm³/mol. The number of benzene rings is 2. The fourth-order valence-electron chi connectivity index (χ4n) is 4.76. The van der Waals surface area contributed by atoms with Crippen molar-refractivity contribution in [3.8, 4) is 0 Å². The Morgan fingerprint density at radius 1 is 0.875 bits per heavy atom. The number of carbonyl (C=O) groups excluding carboxylic acids is 1. The van der Waals surface area contributed by atoms with Gasteiger partial charge in [-0.25, -0.2) is 8.42 Å². The molecule has 0 saturated carbocycles. The number of piperidine rings is 1. The Morgan fingerprint density at radius 2 is 1.56 bits per heavy atom. The molecule has 0 atom stereocenters. The molecule has 0 N–H and O–H groups in total. The molecule has 0 aliphatic carbocycles. The zero-order chi connectivity index (χ0) is 22.1. The molecule has 1 aromatic heterocycles. The van der Waals surface area contributed by atoms with Crippen LogP contribution in [-0.2, 0) is 23.0 Å². The Bertz CT molecular complexity index is 1210. The summed E-state index contributed by atoms with van der Waals surface area (Å²) in [7, 11) is -3.73. The first-order chi connectivity index (χ1) is 15.5. The van der Waals surface area contributed by atoms with E-state index in [-0.39, 0.29) is 10.8 Å². The van der Waals surface area contributed by atoms with E-state index < -0.39 is 10.0 Å². The van der Waals surface area contributed by atoms with E-state index in [0.29, 0.717) is 43.4 Å². The van der Waals surface area contributed by atoms with E-state index in [4.69, 9.17) is 0 Å². The molecule has 1 amide bonds. The number of hydrogen-bond acceptors (Lipinski definition) is 4. The van der Waals surface area contributed by atoms with Crippen LogP contribution in [0.5, 0.6) is 0 Å². The van der Waals surface area contributed by atoms with Crippen LogP contribution in [0, 0.1) is 0 Å². The second-order valence-corrected chi connectivity index (χ2v) is 11.3. The maximum atomic E-state index is 13.5. The Morgan fingerprint density at radius 3 is 2.31 bits per heavy atom. The number of carbonyl (C=O) groups is 1. The first kappa shape index (κ1) is 21.4. The fourth-order valence-corrected chi connectivity index (χ4v) is 7.54. The lowest BCUT2D eigenvalue weighted by Crippen LogP contribution is -2.39. The third kappa shape index (κ3) is 4.00. The van der Waals surface area contributed by atoms with Gasteiger partial charge in [-0.15, -0.1) is 11.3 Å². The van der Waals surface area contributed by atoms with Crippen LogP contribution in [-0.4, -0.2) is 43.2 Å². The van der Waals surface area contributed by atoms with Gasteiger partial charge in [-0.3, -0.25) is 4.79 Å². The highest BCUT2D eigenvalue weighted by molar-refractivity contribution is 7.89. The van der Waals surface area contributed by atoms with Gasteiger partial charge in [0.1, 0.15) is 9.77 Å². The maximum absolute atomic E-state index is 13.5. The van der Waals surface area contributed by atoms with Crippen molar-refractivity contribution in [3.05, 3.63) is 87.6 Å². The quantitative estimate of drug-likeness (QED) is 0.568. The van der Waals surface area contributed by atoms with Crippen LogP contribution in [0.15, 0.2) is 70.9 Å². The molecule has 32 heavy (non-hydrogen) atoms. The largest absolute Gasteiger partial charge is 0.338 e. The topological polar surface area (TPSA) is 57.7 Å². The minimum Gasteiger partial charge on any atom is -0.338 e. The molecule has 0 radical (unpaired) electrons. The molecule has 1 saturated heterocycles. The van der Waals surface area contributed by atoms with Crippen LogP contribution >= 0.6 is 11.3 Å². The first-order valence-corrected chi connectivity index (χ1v) is 13.3. The third-order valence-electron chi connectivity index (χ3n) is 6.59. The SMILES string of the molecule is O=C(c1sccc1S(=O)(=O)N1CCc2ccccc2C1)N1CCC(c2ccccc2)CC1. The van der Waals surface area contributed by atoms with E-state index >= 15 is 0 Å². The van der Waals surface area contributed by atoms with E-state index in [1.807, 2.05) is 29.2 Å². The van der Waals surface area contributed by atoms with Gasteiger partial charge in [0, 0.05) is 26.2 Å². The minimum absolute atomic E-state index is 0.150. The lowest BCUT2D eigenvalue weighted by Gasteiger charge is -2.32. The smallest absolute Gasteiger partial charge is 0.265 e. The Kier molecular flexibility index (Phi) is 5.88. The molecule has 0 spiro atoms. The summed E-state index contributed by atoms with van der Waals surface area (Å²) in [5, 5.41) is 1.72. The summed E-state index contributed by atoms with van der Waals surface area (Å²) in [5.41, 5.74) is 3.54. The van der Waals surface area contributed by atoms with Crippen molar-refractivity contribution >= 4 is 27.3 Å². The van der Waals surface area contributed by atoms with Crippen molar-refractivity contribution in [1.29, 1.82) is 0 Å². The number of hydrogen-bond donors (Lipinski definition) is 0. The lowest BCUT2D eigenvalue weighted by molar-refractivity contribution is 0.0714. The first-order valence-electron chi connectivity index (χ1n) is 11.0. The highest BCUT2D eigenvalue weighted by Gasteiger charge is 2.34.